The molecule has 7 heteroatoms. The molecule has 1 heterocycles. The summed E-state index contributed by atoms with van der Waals surface area (Å²) in [4.78, 5) is 25.1. The van der Waals surface area contributed by atoms with Gasteiger partial charge in [-0.25, -0.2) is 9.18 Å². The molecule has 1 aromatic rings. The molecule has 0 aromatic heterocycles. The number of amides is 3. The summed E-state index contributed by atoms with van der Waals surface area (Å²) in [7, 11) is 1.50. The average Bonchev–Trinajstić information content (AvgIpc) is 2.54. The van der Waals surface area contributed by atoms with Crippen LogP contribution in [0.2, 0.25) is 0 Å². The molecule has 0 unspecified atom stereocenters. The number of carbonyl (C=O) groups excluding carboxylic acids is 2. The number of halogens is 1. The second kappa shape index (κ2) is 7.30. The Morgan fingerprint density at radius 3 is 2.61 bits per heavy atom. The van der Waals surface area contributed by atoms with E-state index in [9.17, 15) is 14.0 Å². The van der Waals surface area contributed by atoms with Gasteiger partial charge in [0, 0.05) is 24.6 Å². The maximum Gasteiger partial charge on any atom is 0.317 e. The summed E-state index contributed by atoms with van der Waals surface area (Å²) < 4.78 is 18.6. The van der Waals surface area contributed by atoms with Crippen LogP contribution in [-0.4, -0.2) is 37.0 Å². The minimum Gasteiger partial charge on any atom is -0.496 e. The molecule has 3 N–H and O–H groups in total. The summed E-state index contributed by atoms with van der Waals surface area (Å²) in [6.45, 7) is 2.73. The highest BCUT2D eigenvalue weighted by Crippen LogP contribution is 2.26. The first-order valence-electron chi connectivity index (χ1n) is 7.60. The Kier molecular flexibility index (Phi) is 5.41. The molecule has 1 fully saturated rings. The lowest BCUT2D eigenvalue weighted by molar-refractivity contribution is -0.123. The van der Waals surface area contributed by atoms with Gasteiger partial charge in [0.2, 0.25) is 5.91 Å². The SMILES string of the molecule is COc1ccc(F)cc1[C@@H](C)NC(=O)N1CCC(C(N)=O)CC1. The number of likely N-dealkylation sites (tertiary alicyclic amines) is 1. The van der Waals surface area contributed by atoms with Gasteiger partial charge in [0.1, 0.15) is 11.6 Å². The van der Waals surface area contributed by atoms with Crippen molar-refractivity contribution in [2.75, 3.05) is 20.2 Å². The van der Waals surface area contributed by atoms with Crippen molar-refractivity contribution >= 4 is 11.9 Å². The predicted octanol–water partition coefficient (Wildman–Crippen LogP) is 1.80. The Labute approximate surface area is 134 Å². The Bertz CT molecular complexity index is 586. The topological polar surface area (TPSA) is 84.7 Å². The van der Waals surface area contributed by atoms with Gasteiger partial charge in [-0.05, 0) is 38.0 Å². The number of rotatable bonds is 4. The van der Waals surface area contributed by atoms with Crippen LogP contribution in [0.5, 0.6) is 5.75 Å². The zero-order valence-electron chi connectivity index (χ0n) is 13.3. The number of carbonyl (C=O) groups is 2. The summed E-state index contributed by atoms with van der Waals surface area (Å²) in [5.41, 5.74) is 5.86. The van der Waals surface area contributed by atoms with Crippen LogP contribution in [0.15, 0.2) is 18.2 Å². The number of nitrogens with two attached hydrogens (primary N) is 1. The number of methoxy groups -OCH3 is 1. The third-order valence-corrected chi connectivity index (χ3v) is 4.18. The van der Waals surface area contributed by atoms with Crippen molar-refractivity contribution < 1.29 is 18.7 Å². The number of piperidine rings is 1. The molecule has 3 amide bonds. The number of urea groups is 1. The lowest BCUT2D eigenvalue weighted by atomic mass is 9.96. The summed E-state index contributed by atoms with van der Waals surface area (Å²) in [5, 5.41) is 2.84. The van der Waals surface area contributed by atoms with Gasteiger partial charge in [0.05, 0.1) is 13.2 Å². The van der Waals surface area contributed by atoms with E-state index in [2.05, 4.69) is 5.32 Å². The van der Waals surface area contributed by atoms with Crippen LogP contribution in [0.25, 0.3) is 0 Å². The van der Waals surface area contributed by atoms with Gasteiger partial charge in [-0.3, -0.25) is 4.79 Å². The molecular formula is C16H22FN3O3. The predicted molar refractivity (Wildman–Crippen MR) is 83.4 cm³/mol. The molecule has 1 aliphatic heterocycles. The lowest BCUT2D eigenvalue weighted by Gasteiger charge is -2.31. The number of hydrogen-bond donors (Lipinski definition) is 2. The monoisotopic (exact) mass is 323 g/mol. The van der Waals surface area contributed by atoms with Crippen LogP contribution in [-0.2, 0) is 4.79 Å². The van der Waals surface area contributed by atoms with Crippen molar-refractivity contribution in [1.82, 2.24) is 10.2 Å². The van der Waals surface area contributed by atoms with Crippen molar-refractivity contribution in [3.05, 3.63) is 29.6 Å². The number of hydrogen-bond acceptors (Lipinski definition) is 3. The number of ether oxygens (including phenoxy) is 1. The summed E-state index contributed by atoms with van der Waals surface area (Å²) in [6.07, 6.45) is 1.14. The second-order valence-corrected chi connectivity index (χ2v) is 5.72. The van der Waals surface area contributed by atoms with E-state index in [1.54, 1.807) is 11.8 Å². The molecule has 23 heavy (non-hydrogen) atoms. The van der Waals surface area contributed by atoms with Gasteiger partial charge in [-0.1, -0.05) is 0 Å². The number of benzene rings is 1. The first-order chi connectivity index (χ1) is 10.9. The highest BCUT2D eigenvalue weighted by molar-refractivity contribution is 5.78. The zero-order valence-corrected chi connectivity index (χ0v) is 13.3. The van der Waals surface area contributed by atoms with Gasteiger partial charge in [-0.15, -0.1) is 0 Å². The summed E-state index contributed by atoms with van der Waals surface area (Å²) in [6, 6.07) is 3.55. The largest absolute Gasteiger partial charge is 0.496 e. The maximum absolute atomic E-state index is 13.4. The van der Waals surface area contributed by atoms with E-state index < -0.39 is 6.04 Å². The number of nitrogens with one attached hydrogen (secondary N) is 1. The summed E-state index contributed by atoms with van der Waals surface area (Å²) >= 11 is 0. The maximum atomic E-state index is 13.4. The molecule has 126 valence electrons. The molecule has 2 rings (SSSR count). The first kappa shape index (κ1) is 17.1. The number of nitrogens with zero attached hydrogens (tertiary/aromatic N) is 1. The van der Waals surface area contributed by atoms with E-state index in [4.69, 9.17) is 10.5 Å². The molecule has 1 aromatic carbocycles. The fourth-order valence-electron chi connectivity index (χ4n) is 2.76. The van der Waals surface area contributed by atoms with E-state index >= 15 is 0 Å². The molecule has 0 saturated carbocycles. The molecule has 1 aliphatic rings. The molecule has 6 nitrogen and oxygen atoms in total. The van der Waals surface area contributed by atoms with Crippen LogP contribution >= 0.6 is 0 Å². The van der Waals surface area contributed by atoms with Crippen LogP contribution in [0.1, 0.15) is 31.4 Å². The standard InChI is InChI=1S/C16H22FN3O3/c1-10(13-9-12(17)3-4-14(13)23-2)19-16(22)20-7-5-11(6-8-20)15(18)21/h3-4,9-11H,5-8H2,1-2H3,(H2,18,21)(H,19,22)/t10-/m1/s1. The van der Waals surface area contributed by atoms with E-state index in [1.165, 1.54) is 25.3 Å². The quantitative estimate of drug-likeness (QED) is 0.886. The van der Waals surface area contributed by atoms with Crippen molar-refractivity contribution in [2.45, 2.75) is 25.8 Å². The molecule has 0 radical (unpaired) electrons. The van der Waals surface area contributed by atoms with Crippen molar-refractivity contribution in [3.8, 4) is 5.75 Å². The van der Waals surface area contributed by atoms with Crippen molar-refractivity contribution in [3.63, 3.8) is 0 Å². The van der Waals surface area contributed by atoms with Crippen molar-refractivity contribution in [1.29, 1.82) is 0 Å². The van der Waals surface area contributed by atoms with Gasteiger partial charge < -0.3 is 20.7 Å². The smallest absolute Gasteiger partial charge is 0.317 e. The highest BCUT2D eigenvalue weighted by atomic mass is 19.1. The second-order valence-electron chi connectivity index (χ2n) is 5.72. The lowest BCUT2D eigenvalue weighted by Crippen LogP contribution is -2.46. The fraction of sp³-hybridized carbons (Fsp3) is 0.500. The first-order valence-corrected chi connectivity index (χ1v) is 7.60. The molecular weight excluding hydrogens is 301 g/mol. The summed E-state index contributed by atoms with van der Waals surface area (Å²) in [5.74, 6) is -0.349. The van der Waals surface area contributed by atoms with Crippen molar-refractivity contribution in [2.24, 2.45) is 11.7 Å². The van der Waals surface area contributed by atoms with Crippen LogP contribution < -0.4 is 15.8 Å². The Morgan fingerprint density at radius 1 is 1.39 bits per heavy atom. The highest BCUT2D eigenvalue weighted by Gasteiger charge is 2.27. The average molecular weight is 323 g/mol. The van der Waals surface area contributed by atoms with Crippen LogP contribution in [0.4, 0.5) is 9.18 Å². The third kappa shape index (κ3) is 4.12. The zero-order chi connectivity index (χ0) is 17.0. The normalized spacial score (nSPS) is 16.7. The minimum absolute atomic E-state index is 0.167. The van der Waals surface area contributed by atoms with E-state index in [1.807, 2.05) is 0 Å². The molecule has 0 aliphatic carbocycles. The van der Waals surface area contributed by atoms with E-state index in [-0.39, 0.29) is 23.7 Å². The van der Waals surface area contributed by atoms with Crippen LogP contribution in [0, 0.1) is 11.7 Å². The van der Waals surface area contributed by atoms with Gasteiger partial charge in [0.25, 0.3) is 0 Å². The Balaban J connectivity index is 1.98. The van der Waals surface area contributed by atoms with Gasteiger partial charge >= 0.3 is 6.03 Å². The molecule has 0 bridgehead atoms. The minimum atomic E-state index is -0.401. The third-order valence-electron chi connectivity index (χ3n) is 4.18. The molecule has 0 spiro atoms. The van der Waals surface area contributed by atoms with Crippen LogP contribution in [0.3, 0.4) is 0 Å². The Hall–Kier alpha value is -2.31. The van der Waals surface area contributed by atoms with E-state index in [0.717, 1.165) is 0 Å². The van der Waals surface area contributed by atoms with Gasteiger partial charge in [-0.2, -0.15) is 0 Å². The number of primary amides is 1. The Morgan fingerprint density at radius 2 is 2.04 bits per heavy atom. The molecule has 1 saturated heterocycles. The molecule has 1 atom stereocenters. The fourth-order valence-corrected chi connectivity index (χ4v) is 2.76. The van der Waals surface area contributed by atoms with E-state index in [0.29, 0.717) is 37.2 Å². The van der Waals surface area contributed by atoms with Gasteiger partial charge in [0.15, 0.2) is 0 Å².